The molecule has 3 aromatic rings. The van der Waals surface area contributed by atoms with Gasteiger partial charge in [-0.1, -0.05) is 18.2 Å². The van der Waals surface area contributed by atoms with Gasteiger partial charge in [-0.15, -0.1) is 0 Å². The molecule has 1 aliphatic carbocycles. The quantitative estimate of drug-likeness (QED) is 0.486. The smallest absolute Gasteiger partial charge is 0.258 e. The lowest BCUT2D eigenvalue weighted by atomic mass is 10.1. The van der Waals surface area contributed by atoms with Gasteiger partial charge >= 0.3 is 0 Å². The van der Waals surface area contributed by atoms with Crippen LogP contribution in [0.3, 0.4) is 0 Å². The second-order valence-corrected chi connectivity index (χ2v) is 7.90. The third kappa shape index (κ3) is 4.72. The van der Waals surface area contributed by atoms with E-state index in [9.17, 15) is 14.0 Å². The van der Waals surface area contributed by atoms with Gasteiger partial charge in [0, 0.05) is 30.3 Å². The zero-order valence-electron chi connectivity index (χ0n) is 16.9. The van der Waals surface area contributed by atoms with Gasteiger partial charge in [0.05, 0.1) is 5.56 Å². The van der Waals surface area contributed by atoms with E-state index in [0.29, 0.717) is 35.0 Å². The van der Waals surface area contributed by atoms with Crippen molar-refractivity contribution in [3.05, 3.63) is 75.6 Å². The van der Waals surface area contributed by atoms with E-state index in [1.807, 2.05) is 4.57 Å². The molecule has 0 saturated heterocycles. The predicted molar refractivity (Wildman–Crippen MR) is 117 cm³/mol. The molecule has 9 heteroatoms. The molecular weight excluding hydrogens is 417 g/mol. The highest BCUT2D eigenvalue weighted by Gasteiger charge is 2.27. The lowest BCUT2D eigenvalue weighted by Crippen LogP contribution is -2.26. The molecule has 160 valence electrons. The van der Waals surface area contributed by atoms with Crippen molar-refractivity contribution >= 4 is 29.7 Å². The van der Waals surface area contributed by atoms with Crippen LogP contribution in [0.25, 0.3) is 0 Å². The molecule has 1 heterocycles. The molecule has 0 radical (unpaired) electrons. The summed E-state index contributed by atoms with van der Waals surface area (Å²) in [5.74, 6) is -0.611. The summed E-state index contributed by atoms with van der Waals surface area (Å²) >= 11 is 5.27. The standard InChI is InChI=1S/C22H22FN5O2S/c1-13-6-7-14(12-18(13)25-21(30)16-4-2-3-5-17(16)23)20(29)24-11-10-19-26-27-22(31)28(19)15-8-9-15/h2-7,12,15H,8-11H2,1H3,(H,24,29)(H,25,30)(H,27,31). The van der Waals surface area contributed by atoms with Gasteiger partial charge in [0.15, 0.2) is 4.77 Å². The summed E-state index contributed by atoms with van der Waals surface area (Å²) in [6.45, 7) is 2.20. The largest absolute Gasteiger partial charge is 0.352 e. The molecule has 1 aromatic heterocycles. The number of hydrogen-bond donors (Lipinski definition) is 3. The fraction of sp³-hybridized carbons (Fsp3) is 0.273. The van der Waals surface area contributed by atoms with Crippen LogP contribution in [0.15, 0.2) is 42.5 Å². The fourth-order valence-corrected chi connectivity index (χ4v) is 3.65. The minimum atomic E-state index is -0.601. The average molecular weight is 440 g/mol. The van der Waals surface area contributed by atoms with Crippen molar-refractivity contribution in [3.63, 3.8) is 0 Å². The third-order valence-electron chi connectivity index (χ3n) is 5.19. The van der Waals surface area contributed by atoms with Crippen LogP contribution in [0.2, 0.25) is 0 Å². The maximum Gasteiger partial charge on any atom is 0.258 e. The Morgan fingerprint density at radius 1 is 1.23 bits per heavy atom. The number of nitrogens with zero attached hydrogens (tertiary/aromatic N) is 2. The number of hydrogen-bond acceptors (Lipinski definition) is 4. The SMILES string of the molecule is Cc1ccc(C(=O)NCCc2n[nH]c(=S)n2C2CC2)cc1NC(=O)c1ccccc1F. The van der Waals surface area contributed by atoms with Crippen molar-refractivity contribution in [1.82, 2.24) is 20.1 Å². The predicted octanol–water partition coefficient (Wildman–Crippen LogP) is 3.95. The summed E-state index contributed by atoms with van der Waals surface area (Å²) in [5.41, 5.74) is 1.56. The molecule has 0 spiro atoms. The van der Waals surface area contributed by atoms with Crippen LogP contribution in [0.5, 0.6) is 0 Å². The molecule has 4 rings (SSSR count). The number of amides is 2. The molecule has 7 nitrogen and oxygen atoms in total. The van der Waals surface area contributed by atoms with Gasteiger partial charge in [0.2, 0.25) is 0 Å². The number of halogens is 1. The minimum absolute atomic E-state index is 0.0548. The molecule has 0 bridgehead atoms. The van der Waals surface area contributed by atoms with Gasteiger partial charge in [-0.2, -0.15) is 5.10 Å². The van der Waals surface area contributed by atoms with Crippen molar-refractivity contribution in [2.24, 2.45) is 0 Å². The molecule has 1 aliphatic rings. The van der Waals surface area contributed by atoms with Crippen molar-refractivity contribution in [2.45, 2.75) is 32.2 Å². The van der Waals surface area contributed by atoms with Crippen molar-refractivity contribution in [3.8, 4) is 0 Å². The van der Waals surface area contributed by atoms with Gasteiger partial charge in [-0.05, 0) is 61.8 Å². The summed E-state index contributed by atoms with van der Waals surface area (Å²) < 4.78 is 16.5. The Labute approximate surface area is 183 Å². The van der Waals surface area contributed by atoms with E-state index in [2.05, 4.69) is 20.8 Å². The summed E-state index contributed by atoms with van der Waals surface area (Å²) in [7, 11) is 0. The van der Waals surface area contributed by atoms with Crippen LogP contribution >= 0.6 is 12.2 Å². The normalized spacial score (nSPS) is 13.1. The van der Waals surface area contributed by atoms with Gasteiger partial charge in [0.1, 0.15) is 11.6 Å². The maximum absolute atomic E-state index is 13.9. The molecule has 3 N–H and O–H groups in total. The first-order chi connectivity index (χ1) is 14.9. The fourth-order valence-electron chi connectivity index (χ4n) is 3.35. The van der Waals surface area contributed by atoms with E-state index >= 15 is 0 Å². The Morgan fingerprint density at radius 3 is 2.74 bits per heavy atom. The number of aromatic nitrogens is 3. The van der Waals surface area contributed by atoms with E-state index in [1.165, 1.54) is 18.2 Å². The molecular formula is C22H22FN5O2S. The van der Waals surface area contributed by atoms with Crippen molar-refractivity contribution < 1.29 is 14.0 Å². The molecule has 2 aromatic carbocycles. The number of carbonyl (C=O) groups excluding carboxylic acids is 2. The van der Waals surface area contributed by atoms with Gasteiger partial charge in [-0.25, -0.2) is 4.39 Å². The molecule has 0 aliphatic heterocycles. The monoisotopic (exact) mass is 439 g/mol. The molecule has 0 atom stereocenters. The highest BCUT2D eigenvalue weighted by molar-refractivity contribution is 7.71. The van der Waals surface area contributed by atoms with E-state index in [1.54, 1.807) is 31.2 Å². The van der Waals surface area contributed by atoms with E-state index in [4.69, 9.17) is 12.2 Å². The zero-order valence-corrected chi connectivity index (χ0v) is 17.8. The molecule has 0 unspecified atom stereocenters. The lowest BCUT2D eigenvalue weighted by molar-refractivity contribution is 0.0952. The van der Waals surface area contributed by atoms with Gasteiger partial charge < -0.3 is 15.2 Å². The Balaban J connectivity index is 1.40. The first-order valence-corrected chi connectivity index (χ1v) is 10.5. The van der Waals surface area contributed by atoms with Crippen LogP contribution in [-0.4, -0.2) is 33.1 Å². The minimum Gasteiger partial charge on any atom is -0.352 e. The number of anilines is 1. The second-order valence-electron chi connectivity index (χ2n) is 7.52. The van der Waals surface area contributed by atoms with Crippen LogP contribution in [-0.2, 0) is 6.42 Å². The Morgan fingerprint density at radius 2 is 2.00 bits per heavy atom. The highest BCUT2D eigenvalue weighted by atomic mass is 32.1. The van der Waals surface area contributed by atoms with Crippen LogP contribution in [0.4, 0.5) is 10.1 Å². The van der Waals surface area contributed by atoms with Crippen LogP contribution in [0, 0.1) is 17.5 Å². The van der Waals surface area contributed by atoms with E-state index in [0.717, 1.165) is 24.2 Å². The highest BCUT2D eigenvalue weighted by Crippen LogP contribution is 2.35. The number of aromatic amines is 1. The topological polar surface area (TPSA) is 91.8 Å². The van der Waals surface area contributed by atoms with E-state index in [-0.39, 0.29) is 11.5 Å². The Hall–Kier alpha value is -3.33. The average Bonchev–Trinajstić information content (AvgIpc) is 3.52. The summed E-state index contributed by atoms with van der Waals surface area (Å²) in [4.78, 5) is 25.0. The summed E-state index contributed by atoms with van der Waals surface area (Å²) in [6.07, 6.45) is 2.74. The summed E-state index contributed by atoms with van der Waals surface area (Å²) in [5, 5.41) is 12.6. The Kier molecular flexibility index (Phi) is 5.94. The third-order valence-corrected chi connectivity index (χ3v) is 5.48. The number of H-pyrrole nitrogens is 1. The molecule has 2 amide bonds. The van der Waals surface area contributed by atoms with Crippen molar-refractivity contribution in [1.29, 1.82) is 0 Å². The number of aryl methyl sites for hydroxylation is 1. The number of carbonyl (C=O) groups is 2. The number of nitrogens with one attached hydrogen (secondary N) is 3. The van der Waals surface area contributed by atoms with Gasteiger partial charge in [0.25, 0.3) is 11.8 Å². The number of rotatable bonds is 7. The lowest BCUT2D eigenvalue weighted by Gasteiger charge is -2.12. The van der Waals surface area contributed by atoms with E-state index < -0.39 is 11.7 Å². The Bertz CT molecular complexity index is 1200. The van der Waals surface area contributed by atoms with Crippen LogP contribution < -0.4 is 10.6 Å². The van der Waals surface area contributed by atoms with Crippen LogP contribution in [0.1, 0.15) is 51.0 Å². The van der Waals surface area contributed by atoms with Crippen molar-refractivity contribution in [2.75, 3.05) is 11.9 Å². The maximum atomic E-state index is 13.9. The molecule has 1 saturated carbocycles. The van der Waals surface area contributed by atoms with Gasteiger partial charge in [-0.3, -0.25) is 14.7 Å². The number of benzene rings is 2. The molecule has 31 heavy (non-hydrogen) atoms. The summed E-state index contributed by atoms with van der Waals surface area (Å²) in [6, 6.07) is 11.2. The first kappa shape index (κ1) is 20.9. The molecule has 1 fully saturated rings. The zero-order chi connectivity index (χ0) is 22.0. The first-order valence-electron chi connectivity index (χ1n) is 10.0. The second kappa shape index (κ2) is 8.81.